The molecular formula is C18H26ClN3O2. The number of fused-ring (bicyclic) bond motifs is 2. The molecule has 3 rings (SSSR count). The Morgan fingerprint density at radius 2 is 1.88 bits per heavy atom. The Labute approximate surface area is 149 Å². The molecule has 2 N–H and O–H groups in total. The summed E-state index contributed by atoms with van der Waals surface area (Å²) >= 11 is 0. The molecular weight excluding hydrogens is 326 g/mol. The molecule has 2 heterocycles. The zero-order chi connectivity index (χ0) is 16.1. The van der Waals surface area contributed by atoms with Crippen molar-refractivity contribution in [3.63, 3.8) is 0 Å². The number of hydrogen-bond donors (Lipinski definition) is 2. The first kappa shape index (κ1) is 18.7. The fraction of sp³-hybridized carbons (Fsp3) is 0.556. The highest BCUT2D eigenvalue weighted by Crippen LogP contribution is 2.20. The van der Waals surface area contributed by atoms with Gasteiger partial charge in [0, 0.05) is 43.7 Å². The van der Waals surface area contributed by atoms with Crippen LogP contribution >= 0.6 is 12.4 Å². The fourth-order valence-corrected chi connectivity index (χ4v) is 3.46. The third-order valence-electron chi connectivity index (χ3n) is 4.76. The molecule has 1 aromatic rings. The molecule has 5 nitrogen and oxygen atoms in total. The Morgan fingerprint density at radius 3 is 2.67 bits per heavy atom. The second-order valence-corrected chi connectivity index (χ2v) is 6.49. The molecule has 1 aromatic carbocycles. The van der Waals surface area contributed by atoms with Crippen molar-refractivity contribution in [1.29, 1.82) is 0 Å². The summed E-state index contributed by atoms with van der Waals surface area (Å²) in [7, 11) is 0. The maximum Gasteiger partial charge on any atom is 0.251 e. The Bertz CT molecular complexity index is 552. The van der Waals surface area contributed by atoms with Gasteiger partial charge in [-0.25, -0.2) is 0 Å². The van der Waals surface area contributed by atoms with Crippen LogP contribution in [0.5, 0.6) is 0 Å². The van der Waals surface area contributed by atoms with Crippen molar-refractivity contribution in [2.45, 2.75) is 44.2 Å². The lowest BCUT2D eigenvalue weighted by Crippen LogP contribution is -2.39. The van der Waals surface area contributed by atoms with E-state index >= 15 is 0 Å². The van der Waals surface area contributed by atoms with Crippen LogP contribution in [0.15, 0.2) is 30.3 Å². The number of nitrogens with one attached hydrogen (secondary N) is 2. The molecule has 2 fully saturated rings. The molecule has 2 amide bonds. The topological polar surface area (TPSA) is 61.4 Å². The lowest BCUT2D eigenvalue weighted by molar-refractivity contribution is -0.131. The van der Waals surface area contributed by atoms with Crippen LogP contribution < -0.4 is 10.6 Å². The molecule has 2 aliphatic heterocycles. The third-order valence-corrected chi connectivity index (χ3v) is 4.76. The smallest absolute Gasteiger partial charge is 0.251 e. The summed E-state index contributed by atoms with van der Waals surface area (Å²) in [4.78, 5) is 26.2. The monoisotopic (exact) mass is 351 g/mol. The molecule has 2 unspecified atom stereocenters. The molecule has 2 aliphatic rings. The summed E-state index contributed by atoms with van der Waals surface area (Å²) in [5.74, 6) is 0.141. The van der Waals surface area contributed by atoms with Gasteiger partial charge in [-0.2, -0.15) is 0 Å². The van der Waals surface area contributed by atoms with Crippen LogP contribution in [-0.4, -0.2) is 48.4 Å². The summed E-state index contributed by atoms with van der Waals surface area (Å²) in [5.41, 5.74) is 0.661. The van der Waals surface area contributed by atoms with Gasteiger partial charge in [0.05, 0.1) is 0 Å². The molecule has 0 saturated carbocycles. The van der Waals surface area contributed by atoms with E-state index in [-0.39, 0.29) is 24.2 Å². The molecule has 2 atom stereocenters. The lowest BCUT2D eigenvalue weighted by Gasteiger charge is -2.24. The molecule has 0 radical (unpaired) electrons. The van der Waals surface area contributed by atoms with Crippen LogP contribution in [0.1, 0.15) is 42.5 Å². The highest BCUT2D eigenvalue weighted by Gasteiger charge is 2.30. The average Bonchev–Trinajstić information content (AvgIpc) is 2.91. The van der Waals surface area contributed by atoms with Gasteiger partial charge in [-0.05, 0) is 37.8 Å². The van der Waals surface area contributed by atoms with E-state index < -0.39 is 0 Å². The Hall–Kier alpha value is -1.59. The van der Waals surface area contributed by atoms with Gasteiger partial charge in [-0.3, -0.25) is 9.59 Å². The number of benzene rings is 1. The summed E-state index contributed by atoms with van der Waals surface area (Å²) in [6.07, 6.45) is 4.69. The van der Waals surface area contributed by atoms with Gasteiger partial charge < -0.3 is 15.5 Å². The van der Waals surface area contributed by atoms with E-state index in [1.807, 2.05) is 23.1 Å². The molecule has 132 valence electrons. The molecule has 6 heteroatoms. The van der Waals surface area contributed by atoms with Crippen LogP contribution in [0.25, 0.3) is 0 Å². The predicted octanol–water partition coefficient (Wildman–Crippen LogP) is 1.97. The van der Waals surface area contributed by atoms with Crippen molar-refractivity contribution < 1.29 is 9.59 Å². The maximum absolute atomic E-state index is 12.3. The SMILES string of the molecule is Cl.O=C(NCCCC(=O)N1CCC2CCC(C1)N2)c1ccccc1. The molecule has 24 heavy (non-hydrogen) atoms. The molecule has 0 aromatic heterocycles. The Balaban J connectivity index is 0.00000208. The Kier molecular flexibility index (Phi) is 7.06. The van der Waals surface area contributed by atoms with Crippen LogP contribution in [0.2, 0.25) is 0 Å². The second-order valence-electron chi connectivity index (χ2n) is 6.49. The summed E-state index contributed by atoms with van der Waals surface area (Å²) in [5, 5.41) is 6.46. The van der Waals surface area contributed by atoms with Crippen molar-refractivity contribution >= 4 is 24.2 Å². The first-order valence-corrected chi connectivity index (χ1v) is 8.59. The zero-order valence-corrected chi connectivity index (χ0v) is 14.7. The van der Waals surface area contributed by atoms with Crippen molar-refractivity contribution in [3.8, 4) is 0 Å². The van der Waals surface area contributed by atoms with Crippen LogP contribution in [0.4, 0.5) is 0 Å². The average molecular weight is 352 g/mol. The molecule has 0 spiro atoms. The van der Waals surface area contributed by atoms with Gasteiger partial charge in [0.2, 0.25) is 5.91 Å². The minimum Gasteiger partial charge on any atom is -0.352 e. The van der Waals surface area contributed by atoms with Crippen LogP contribution in [-0.2, 0) is 4.79 Å². The van der Waals surface area contributed by atoms with Crippen molar-refractivity contribution in [3.05, 3.63) is 35.9 Å². The van der Waals surface area contributed by atoms with Crippen molar-refractivity contribution in [2.75, 3.05) is 19.6 Å². The lowest BCUT2D eigenvalue weighted by atomic mass is 10.1. The van der Waals surface area contributed by atoms with Gasteiger partial charge >= 0.3 is 0 Å². The number of halogens is 1. The van der Waals surface area contributed by atoms with E-state index in [0.717, 1.165) is 19.5 Å². The second kappa shape index (κ2) is 9.04. The van der Waals surface area contributed by atoms with Gasteiger partial charge in [-0.1, -0.05) is 18.2 Å². The normalized spacial score (nSPS) is 22.4. The number of rotatable bonds is 5. The maximum atomic E-state index is 12.3. The standard InChI is InChI=1S/C18H25N3O2.ClH/c22-17(21-12-10-15-8-9-16(13-21)20-15)7-4-11-19-18(23)14-5-2-1-3-6-14;/h1-3,5-6,15-16,20H,4,7-13H2,(H,19,23);1H. The van der Waals surface area contributed by atoms with Crippen LogP contribution in [0.3, 0.4) is 0 Å². The number of amides is 2. The van der Waals surface area contributed by atoms with E-state index in [1.165, 1.54) is 12.8 Å². The van der Waals surface area contributed by atoms with E-state index in [9.17, 15) is 9.59 Å². The number of carbonyl (C=O) groups excluding carboxylic acids is 2. The van der Waals surface area contributed by atoms with E-state index in [0.29, 0.717) is 37.0 Å². The van der Waals surface area contributed by atoms with Crippen molar-refractivity contribution in [2.24, 2.45) is 0 Å². The summed E-state index contributed by atoms with van der Waals surface area (Å²) < 4.78 is 0. The largest absolute Gasteiger partial charge is 0.352 e. The molecule has 2 bridgehead atoms. The van der Waals surface area contributed by atoms with Gasteiger partial charge in [0.25, 0.3) is 5.91 Å². The van der Waals surface area contributed by atoms with E-state index in [4.69, 9.17) is 0 Å². The van der Waals surface area contributed by atoms with Gasteiger partial charge in [0.1, 0.15) is 0 Å². The highest BCUT2D eigenvalue weighted by molar-refractivity contribution is 5.94. The fourth-order valence-electron chi connectivity index (χ4n) is 3.46. The molecule has 2 saturated heterocycles. The van der Waals surface area contributed by atoms with E-state index in [1.54, 1.807) is 12.1 Å². The minimum absolute atomic E-state index is 0. The third kappa shape index (κ3) is 4.95. The quantitative estimate of drug-likeness (QED) is 0.797. The van der Waals surface area contributed by atoms with Gasteiger partial charge in [0.15, 0.2) is 0 Å². The van der Waals surface area contributed by atoms with Crippen molar-refractivity contribution in [1.82, 2.24) is 15.5 Å². The number of carbonyl (C=O) groups is 2. The summed E-state index contributed by atoms with van der Waals surface area (Å²) in [6, 6.07) is 10.2. The first-order chi connectivity index (χ1) is 11.2. The first-order valence-electron chi connectivity index (χ1n) is 8.59. The molecule has 0 aliphatic carbocycles. The number of nitrogens with zero attached hydrogens (tertiary/aromatic N) is 1. The number of hydrogen-bond acceptors (Lipinski definition) is 3. The number of likely N-dealkylation sites (tertiary alicyclic amines) is 1. The summed E-state index contributed by atoms with van der Waals surface area (Å²) in [6.45, 7) is 2.24. The van der Waals surface area contributed by atoms with E-state index in [2.05, 4.69) is 10.6 Å². The minimum atomic E-state index is -0.0747. The van der Waals surface area contributed by atoms with Gasteiger partial charge in [-0.15, -0.1) is 12.4 Å². The highest BCUT2D eigenvalue weighted by atomic mass is 35.5. The predicted molar refractivity (Wildman–Crippen MR) is 96.4 cm³/mol. The van der Waals surface area contributed by atoms with Crippen LogP contribution in [0, 0.1) is 0 Å². The zero-order valence-electron chi connectivity index (χ0n) is 13.9. The Morgan fingerprint density at radius 1 is 1.12 bits per heavy atom.